The standard InChI is InChI=1S/C20H18N2O4S/c1-23-14-8-4-6-11-10-13-19(26-16(11)14)21-18(22-20(13)27)12-7-5-9-15(24-2)17(12)25-3/h4-9H,10H2,1-3H3,(H,21,22,27). The van der Waals surface area contributed by atoms with Crippen LogP contribution in [0.1, 0.15) is 11.1 Å². The van der Waals surface area contributed by atoms with Crippen LogP contribution in [0.3, 0.4) is 0 Å². The van der Waals surface area contributed by atoms with E-state index < -0.39 is 0 Å². The Kier molecular flexibility index (Phi) is 4.45. The van der Waals surface area contributed by atoms with Gasteiger partial charge in [0.15, 0.2) is 23.0 Å². The molecule has 1 aliphatic rings. The largest absolute Gasteiger partial charge is 0.493 e. The Morgan fingerprint density at radius 1 is 1.00 bits per heavy atom. The monoisotopic (exact) mass is 382 g/mol. The number of nitrogens with one attached hydrogen (secondary N) is 1. The van der Waals surface area contributed by atoms with Gasteiger partial charge in [-0.15, -0.1) is 0 Å². The lowest BCUT2D eigenvalue weighted by molar-refractivity contribution is 0.355. The zero-order chi connectivity index (χ0) is 19.0. The normalized spacial score (nSPS) is 11.8. The van der Waals surface area contributed by atoms with Gasteiger partial charge >= 0.3 is 0 Å². The Morgan fingerprint density at radius 2 is 1.74 bits per heavy atom. The first-order valence-electron chi connectivity index (χ1n) is 8.34. The first-order chi connectivity index (χ1) is 13.2. The summed E-state index contributed by atoms with van der Waals surface area (Å²) >= 11 is 5.54. The number of para-hydroxylation sites is 2. The molecule has 0 amide bonds. The topological polar surface area (TPSA) is 65.6 Å². The summed E-state index contributed by atoms with van der Waals surface area (Å²) in [6.45, 7) is 0. The van der Waals surface area contributed by atoms with Crippen molar-refractivity contribution in [3.05, 3.63) is 52.2 Å². The van der Waals surface area contributed by atoms with Crippen molar-refractivity contribution in [2.45, 2.75) is 6.42 Å². The van der Waals surface area contributed by atoms with Crippen LogP contribution in [0.25, 0.3) is 11.4 Å². The molecule has 6 nitrogen and oxygen atoms in total. The maximum atomic E-state index is 6.11. The summed E-state index contributed by atoms with van der Waals surface area (Å²) in [5.41, 5.74) is 2.59. The molecule has 1 N–H and O–H groups in total. The number of aromatic nitrogens is 2. The molecule has 1 aromatic heterocycles. The van der Waals surface area contributed by atoms with Crippen molar-refractivity contribution in [2.24, 2.45) is 0 Å². The molecule has 0 fully saturated rings. The third-order valence-electron chi connectivity index (χ3n) is 4.49. The number of aromatic amines is 1. The van der Waals surface area contributed by atoms with Crippen LogP contribution in [0, 0.1) is 4.64 Å². The van der Waals surface area contributed by atoms with E-state index in [1.54, 1.807) is 21.3 Å². The average molecular weight is 382 g/mol. The molecular formula is C20H18N2O4S. The molecule has 0 saturated heterocycles. The molecule has 27 heavy (non-hydrogen) atoms. The molecule has 7 heteroatoms. The molecule has 0 atom stereocenters. The van der Waals surface area contributed by atoms with Gasteiger partial charge in [-0.1, -0.05) is 30.4 Å². The Morgan fingerprint density at radius 3 is 2.48 bits per heavy atom. The van der Waals surface area contributed by atoms with Crippen LogP contribution in [0.5, 0.6) is 28.9 Å². The van der Waals surface area contributed by atoms with Crippen molar-refractivity contribution in [3.8, 4) is 40.3 Å². The van der Waals surface area contributed by atoms with Crippen molar-refractivity contribution < 1.29 is 18.9 Å². The predicted octanol–water partition coefficient (Wildman–Crippen LogP) is 4.53. The second kappa shape index (κ2) is 6.92. The third kappa shape index (κ3) is 2.90. The zero-order valence-electron chi connectivity index (χ0n) is 15.2. The fraction of sp³-hybridized carbons (Fsp3) is 0.200. The lowest BCUT2D eigenvalue weighted by Crippen LogP contribution is -2.09. The molecule has 4 rings (SSSR count). The molecule has 0 radical (unpaired) electrons. The van der Waals surface area contributed by atoms with Gasteiger partial charge in [0, 0.05) is 12.0 Å². The highest BCUT2D eigenvalue weighted by Gasteiger charge is 2.24. The Bertz CT molecular complexity index is 1080. The SMILES string of the molecule is COc1cccc2c1Oc1[nH]c(-c3cccc(OC)c3OC)nc(=S)c1C2. The minimum Gasteiger partial charge on any atom is -0.493 e. The summed E-state index contributed by atoms with van der Waals surface area (Å²) in [5.74, 6) is 3.66. The van der Waals surface area contributed by atoms with E-state index in [0.717, 1.165) is 16.7 Å². The van der Waals surface area contributed by atoms with Gasteiger partial charge in [0.2, 0.25) is 5.88 Å². The number of hydrogen-bond acceptors (Lipinski definition) is 6. The Hall–Kier alpha value is -3.06. The van der Waals surface area contributed by atoms with Crippen LogP contribution in [-0.4, -0.2) is 31.3 Å². The molecule has 0 saturated carbocycles. The van der Waals surface area contributed by atoms with Gasteiger partial charge in [0.25, 0.3) is 0 Å². The number of methoxy groups -OCH3 is 3. The lowest BCUT2D eigenvalue weighted by Gasteiger charge is -2.22. The number of H-pyrrole nitrogens is 1. The van der Waals surface area contributed by atoms with Crippen molar-refractivity contribution in [3.63, 3.8) is 0 Å². The minimum absolute atomic E-state index is 0.483. The van der Waals surface area contributed by atoms with E-state index in [0.29, 0.717) is 45.8 Å². The second-order valence-electron chi connectivity index (χ2n) is 5.97. The summed E-state index contributed by atoms with van der Waals surface area (Å²) in [5, 5.41) is 0. The van der Waals surface area contributed by atoms with E-state index in [4.69, 9.17) is 31.2 Å². The molecule has 0 aliphatic carbocycles. The van der Waals surface area contributed by atoms with E-state index in [1.165, 1.54) is 0 Å². The lowest BCUT2D eigenvalue weighted by atomic mass is 10.0. The van der Waals surface area contributed by atoms with Crippen LogP contribution in [-0.2, 0) is 6.42 Å². The van der Waals surface area contributed by atoms with Gasteiger partial charge < -0.3 is 23.9 Å². The van der Waals surface area contributed by atoms with Gasteiger partial charge in [-0.25, -0.2) is 4.98 Å². The highest BCUT2D eigenvalue weighted by molar-refractivity contribution is 7.71. The van der Waals surface area contributed by atoms with Crippen LogP contribution >= 0.6 is 12.2 Å². The van der Waals surface area contributed by atoms with Crippen molar-refractivity contribution in [2.75, 3.05) is 21.3 Å². The summed E-state index contributed by atoms with van der Waals surface area (Å²) in [7, 11) is 4.80. The Labute approximate surface area is 161 Å². The first-order valence-corrected chi connectivity index (χ1v) is 8.75. The fourth-order valence-corrected chi connectivity index (χ4v) is 3.45. The maximum absolute atomic E-state index is 6.11. The van der Waals surface area contributed by atoms with Crippen LogP contribution in [0.2, 0.25) is 0 Å². The summed E-state index contributed by atoms with van der Waals surface area (Å²) in [4.78, 5) is 7.82. The summed E-state index contributed by atoms with van der Waals surface area (Å²) < 4.78 is 22.9. The Balaban J connectivity index is 1.85. The van der Waals surface area contributed by atoms with Gasteiger partial charge in [0.1, 0.15) is 10.5 Å². The van der Waals surface area contributed by atoms with Crippen molar-refractivity contribution in [1.29, 1.82) is 0 Å². The maximum Gasteiger partial charge on any atom is 0.205 e. The van der Waals surface area contributed by atoms with Gasteiger partial charge in [0.05, 0.1) is 32.5 Å². The number of benzene rings is 2. The van der Waals surface area contributed by atoms with Gasteiger partial charge in [-0.3, -0.25) is 0 Å². The molecule has 138 valence electrons. The minimum atomic E-state index is 0.483. The molecular weight excluding hydrogens is 364 g/mol. The highest BCUT2D eigenvalue weighted by Crippen LogP contribution is 2.43. The smallest absolute Gasteiger partial charge is 0.205 e. The molecule has 0 unspecified atom stereocenters. The molecule has 0 spiro atoms. The molecule has 2 aromatic carbocycles. The van der Waals surface area contributed by atoms with E-state index in [-0.39, 0.29) is 0 Å². The molecule has 2 heterocycles. The molecule has 3 aromatic rings. The van der Waals surface area contributed by atoms with Gasteiger partial charge in [-0.05, 0) is 18.2 Å². The van der Waals surface area contributed by atoms with Crippen molar-refractivity contribution in [1.82, 2.24) is 9.97 Å². The van der Waals surface area contributed by atoms with E-state index >= 15 is 0 Å². The number of rotatable bonds is 4. The molecule has 0 bridgehead atoms. The molecule has 1 aliphatic heterocycles. The van der Waals surface area contributed by atoms with Crippen LogP contribution < -0.4 is 18.9 Å². The third-order valence-corrected chi connectivity index (χ3v) is 4.82. The van der Waals surface area contributed by atoms with E-state index in [2.05, 4.69) is 9.97 Å². The highest BCUT2D eigenvalue weighted by atomic mass is 32.1. The first kappa shape index (κ1) is 17.4. The number of hydrogen-bond donors (Lipinski definition) is 1. The summed E-state index contributed by atoms with van der Waals surface area (Å²) in [6.07, 6.45) is 0.625. The van der Waals surface area contributed by atoms with Crippen LogP contribution in [0.15, 0.2) is 36.4 Å². The fourth-order valence-electron chi connectivity index (χ4n) is 3.19. The number of nitrogens with zero attached hydrogens (tertiary/aromatic N) is 1. The number of ether oxygens (including phenoxy) is 4. The zero-order valence-corrected chi connectivity index (χ0v) is 16.0. The average Bonchev–Trinajstić information content (AvgIpc) is 2.71. The quantitative estimate of drug-likeness (QED) is 0.523. The van der Waals surface area contributed by atoms with Gasteiger partial charge in [-0.2, -0.15) is 0 Å². The predicted molar refractivity (Wildman–Crippen MR) is 104 cm³/mol. The van der Waals surface area contributed by atoms with E-state index in [1.807, 2.05) is 36.4 Å². The van der Waals surface area contributed by atoms with E-state index in [9.17, 15) is 0 Å². The summed E-state index contributed by atoms with van der Waals surface area (Å²) in [6, 6.07) is 11.4. The van der Waals surface area contributed by atoms with Crippen molar-refractivity contribution >= 4 is 12.2 Å². The van der Waals surface area contributed by atoms with Crippen LogP contribution in [0.4, 0.5) is 0 Å². The second-order valence-corrected chi connectivity index (χ2v) is 6.35. The number of fused-ring (bicyclic) bond motifs is 2.